The zero-order valence-corrected chi connectivity index (χ0v) is 14.2. The minimum Gasteiger partial charge on any atom is -0.373 e. The SMILES string of the molecule is CCCc1nc(NC)c(C)c(N2CCC(C(C)C)CC2)n1. The topological polar surface area (TPSA) is 41.1 Å². The van der Waals surface area contributed by atoms with Gasteiger partial charge in [0.15, 0.2) is 0 Å². The average Bonchev–Trinajstić information content (AvgIpc) is 2.49. The smallest absolute Gasteiger partial charge is 0.137 e. The van der Waals surface area contributed by atoms with E-state index in [9.17, 15) is 0 Å². The lowest BCUT2D eigenvalue weighted by atomic mass is 9.86. The van der Waals surface area contributed by atoms with Crippen molar-refractivity contribution in [2.75, 3.05) is 30.4 Å². The van der Waals surface area contributed by atoms with Crippen molar-refractivity contribution in [3.05, 3.63) is 11.4 Å². The molecule has 1 N–H and O–H groups in total. The second kappa shape index (κ2) is 7.10. The summed E-state index contributed by atoms with van der Waals surface area (Å²) in [5.41, 5.74) is 1.18. The van der Waals surface area contributed by atoms with Crippen LogP contribution in [0.5, 0.6) is 0 Å². The van der Waals surface area contributed by atoms with Crippen molar-refractivity contribution in [2.24, 2.45) is 11.8 Å². The van der Waals surface area contributed by atoms with E-state index in [0.717, 1.165) is 55.2 Å². The van der Waals surface area contributed by atoms with Crippen LogP contribution in [0.15, 0.2) is 0 Å². The number of piperidine rings is 1. The van der Waals surface area contributed by atoms with Crippen LogP contribution in [0.4, 0.5) is 11.6 Å². The highest BCUT2D eigenvalue weighted by molar-refractivity contribution is 5.58. The first-order chi connectivity index (χ1) is 10.1. The molecule has 1 aliphatic heterocycles. The Kier molecular flexibility index (Phi) is 5.43. The minimum atomic E-state index is 0.794. The highest BCUT2D eigenvalue weighted by Gasteiger charge is 2.24. The van der Waals surface area contributed by atoms with Gasteiger partial charge < -0.3 is 10.2 Å². The quantitative estimate of drug-likeness (QED) is 0.898. The van der Waals surface area contributed by atoms with Gasteiger partial charge in [0.1, 0.15) is 17.5 Å². The fourth-order valence-electron chi connectivity index (χ4n) is 3.21. The van der Waals surface area contributed by atoms with Gasteiger partial charge in [0.2, 0.25) is 0 Å². The minimum absolute atomic E-state index is 0.794. The number of hydrogen-bond acceptors (Lipinski definition) is 4. The predicted molar refractivity (Wildman–Crippen MR) is 90.1 cm³/mol. The van der Waals surface area contributed by atoms with Gasteiger partial charge in [-0.3, -0.25) is 0 Å². The van der Waals surface area contributed by atoms with E-state index >= 15 is 0 Å². The number of aryl methyl sites for hydroxylation is 1. The second-order valence-corrected chi connectivity index (χ2v) is 6.51. The van der Waals surface area contributed by atoms with Crippen LogP contribution in [-0.4, -0.2) is 30.1 Å². The van der Waals surface area contributed by atoms with E-state index in [-0.39, 0.29) is 0 Å². The molecule has 0 atom stereocenters. The third-order valence-electron chi connectivity index (χ3n) is 4.66. The van der Waals surface area contributed by atoms with Crippen LogP contribution in [0.25, 0.3) is 0 Å². The first-order valence-corrected chi connectivity index (χ1v) is 8.37. The summed E-state index contributed by atoms with van der Waals surface area (Å²) in [5, 5.41) is 3.22. The summed E-state index contributed by atoms with van der Waals surface area (Å²) in [5.74, 6) is 4.74. The standard InChI is InChI=1S/C17H30N4/c1-6-7-15-19-16(18-5)13(4)17(20-15)21-10-8-14(9-11-21)12(2)3/h12,14H,6-11H2,1-5H3,(H,18,19,20). The Morgan fingerprint density at radius 3 is 2.43 bits per heavy atom. The van der Waals surface area contributed by atoms with Crippen LogP contribution in [-0.2, 0) is 6.42 Å². The molecule has 0 saturated carbocycles. The third kappa shape index (κ3) is 3.66. The molecule has 0 aliphatic carbocycles. The molecule has 1 saturated heterocycles. The van der Waals surface area contributed by atoms with Gasteiger partial charge in [0.05, 0.1) is 0 Å². The van der Waals surface area contributed by atoms with Gasteiger partial charge in [0, 0.05) is 32.1 Å². The molecule has 1 aromatic heterocycles. The molecule has 1 fully saturated rings. The molecular weight excluding hydrogens is 260 g/mol. The molecule has 118 valence electrons. The molecule has 0 radical (unpaired) electrons. The average molecular weight is 290 g/mol. The molecule has 1 aromatic rings. The van der Waals surface area contributed by atoms with Gasteiger partial charge in [0.25, 0.3) is 0 Å². The predicted octanol–water partition coefficient (Wildman–Crippen LogP) is 3.65. The summed E-state index contributed by atoms with van der Waals surface area (Å²) in [4.78, 5) is 11.9. The summed E-state index contributed by atoms with van der Waals surface area (Å²) in [7, 11) is 1.94. The summed E-state index contributed by atoms with van der Waals surface area (Å²) in [6.45, 7) is 11.2. The number of hydrogen-bond donors (Lipinski definition) is 1. The Bertz CT molecular complexity index is 462. The van der Waals surface area contributed by atoms with Crippen LogP contribution < -0.4 is 10.2 Å². The van der Waals surface area contributed by atoms with E-state index in [1.807, 2.05) is 7.05 Å². The fraction of sp³-hybridized carbons (Fsp3) is 0.765. The Balaban J connectivity index is 2.21. The van der Waals surface area contributed by atoms with Crippen molar-refractivity contribution in [1.29, 1.82) is 0 Å². The number of anilines is 2. The van der Waals surface area contributed by atoms with Crippen LogP contribution in [0.3, 0.4) is 0 Å². The molecule has 4 nitrogen and oxygen atoms in total. The van der Waals surface area contributed by atoms with Crippen molar-refractivity contribution in [3.63, 3.8) is 0 Å². The molecule has 2 heterocycles. The molecule has 0 unspecified atom stereocenters. The van der Waals surface area contributed by atoms with Crippen molar-refractivity contribution < 1.29 is 0 Å². The van der Waals surface area contributed by atoms with E-state index in [1.165, 1.54) is 18.4 Å². The maximum Gasteiger partial charge on any atom is 0.137 e. The molecule has 0 bridgehead atoms. The van der Waals surface area contributed by atoms with Gasteiger partial charge in [-0.05, 0) is 38.0 Å². The van der Waals surface area contributed by atoms with E-state index in [0.29, 0.717) is 0 Å². The zero-order chi connectivity index (χ0) is 15.4. The summed E-state index contributed by atoms with van der Waals surface area (Å²) < 4.78 is 0. The lowest BCUT2D eigenvalue weighted by molar-refractivity contribution is 0.310. The molecule has 1 aliphatic rings. The molecule has 2 rings (SSSR count). The maximum atomic E-state index is 4.84. The molecule has 0 amide bonds. The van der Waals surface area contributed by atoms with Gasteiger partial charge in [-0.15, -0.1) is 0 Å². The normalized spacial score (nSPS) is 16.6. The van der Waals surface area contributed by atoms with Gasteiger partial charge in [-0.25, -0.2) is 9.97 Å². The molecule has 0 spiro atoms. The van der Waals surface area contributed by atoms with Crippen LogP contribution >= 0.6 is 0 Å². The summed E-state index contributed by atoms with van der Waals surface area (Å²) in [6, 6.07) is 0. The van der Waals surface area contributed by atoms with Crippen LogP contribution in [0.2, 0.25) is 0 Å². The van der Waals surface area contributed by atoms with Crippen LogP contribution in [0, 0.1) is 18.8 Å². The molecular formula is C17H30N4. The van der Waals surface area contributed by atoms with Gasteiger partial charge >= 0.3 is 0 Å². The number of rotatable bonds is 5. The maximum absolute atomic E-state index is 4.84. The molecule has 21 heavy (non-hydrogen) atoms. The monoisotopic (exact) mass is 290 g/mol. The van der Waals surface area contributed by atoms with E-state index in [2.05, 4.69) is 42.9 Å². The van der Waals surface area contributed by atoms with E-state index < -0.39 is 0 Å². The van der Waals surface area contributed by atoms with Gasteiger partial charge in [-0.2, -0.15) is 0 Å². The van der Waals surface area contributed by atoms with Gasteiger partial charge in [-0.1, -0.05) is 20.8 Å². The third-order valence-corrected chi connectivity index (χ3v) is 4.66. The Hall–Kier alpha value is -1.32. The first kappa shape index (κ1) is 16.1. The number of nitrogens with one attached hydrogen (secondary N) is 1. The van der Waals surface area contributed by atoms with Crippen molar-refractivity contribution in [1.82, 2.24) is 9.97 Å². The number of nitrogens with zero attached hydrogens (tertiary/aromatic N) is 3. The second-order valence-electron chi connectivity index (χ2n) is 6.51. The highest BCUT2D eigenvalue weighted by Crippen LogP contribution is 2.30. The summed E-state index contributed by atoms with van der Waals surface area (Å²) >= 11 is 0. The Labute approximate surface area is 129 Å². The van der Waals surface area contributed by atoms with E-state index in [4.69, 9.17) is 4.98 Å². The van der Waals surface area contributed by atoms with Crippen molar-refractivity contribution in [2.45, 2.75) is 53.4 Å². The van der Waals surface area contributed by atoms with Crippen molar-refractivity contribution >= 4 is 11.6 Å². The zero-order valence-electron chi connectivity index (χ0n) is 14.2. The number of aromatic nitrogens is 2. The molecule has 4 heteroatoms. The molecule has 0 aromatic carbocycles. The summed E-state index contributed by atoms with van der Waals surface area (Å²) in [6.07, 6.45) is 4.59. The largest absolute Gasteiger partial charge is 0.373 e. The first-order valence-electron chi connectivity index (χ1n) is 8.37. The lowest BCUT2D eigenvalue weighted by Crippen LogP contribution is -2.36. The highest BCUT2D eigenvalue weighted by atomic mass is 15.2. The van der Waals surface area contributed by atoms with E-state index in [1.54, 1.807) is 0 Å². The fourth-order valence-corrected chi connectivity index (χ4v) is 3.21. The van der Waals surface area contributed by atoms with Crippen molar-refractivity contribution in [3.8, 4) is 0 Å². The Morgan fingerprint density at radius 1 is 1.24 bits per heavy atom. The Morgan fingerprint density at radius 2 is 1.90 bits per heavy atom. The van der Waals surface area contributed by atoms with Crippen LogP contribution in [0.1, 0.15) is 51.4 Å². The lowest BCUT2D eigenvalue weighted by Gasteiger charge is -2.35.